The van der Waals surface area contributed by atoms with E-state index >= 15 is 0 Å². The van der Waals surface area contributed by atoms with Crippen LogP contribution >= 0.6 is 0 Å². The van der Waals surface area contributed by atoms with Gasteiger partial charge >= 0.3 is 0 Å². The predicted molar refractivity (Wildman–Crippen MR) is 122 cm³/mol. The molecule has 0 atom stereocenters. The summed E-state index contributed by atoms with van der Waals surface area (Å²) >= 11 is 0. The van der Waals surface area contributed by atoms with Crippen LogP contribution in [0.3, 0.4) is 0 Å². The average molecular weight is 436 g/mol. The fourth-order valence-corrected chi connectivity index (χ4v) is 3.76. The van der Waals surface area contributed by atoms with E-state index in [0.29, 0.717) is 44.4 Å². The van der Waals surface area contributed by atoms with Gasteiger partial charge in [0.15, 0.2) is 0 Å². The Labute approximate surface area is 188 Å². The first-order valence-electron chi connectivity index (χ1n) is 11.0. The number of benzene rings is 1. The number of aromatic nitrogens is 3. The van der Waals surface area contributed by atoms with E-state index in [1.165, 1.54) is 0 Å². The van der Waals surface area contributed by atoms with Crippen molar-refractivity contribution in [1.29, 1.82) is 0 Å². The summed E-state index contributed by atoms with van der Waals surface area (Å²) in [5.41, 5.74) is 1.96. The van der Waals surface area contributed by atoms with Gasteiger partial charge in [0, 0.05) is 44.7 Å². The summed E-state index contributed by atoms with van der Waals surface area (Å²) in [6, 6.07) is 11.7. The Morgan fingerprint density at radius 1 is 1.09 bits per heavy atom. The summed E-state index contributed by atoms with van der Waals surface area (Å²) in [7, 11) is 1.65. The molecule has 0 radical (unpaired) electrons. The van der Waals surface area contributed by atoms with Gasteiger partial charge in [-0.3, -0.25) is 4.79 Å². The highest BCUT2D eigenvalue weighted by molar-refractivity contribution is 5.77. The molecule has 1 saturated heterocycles. The number of nitrogens with zero attached hydrogens (tertiary/aromatic N) is 5. The van der Waals surface area contributed by atoms with Crippen LogP contribution in [-0.2, 0) is 11.2 Å². The van der Waals surface area contributed by atoms with Gasteiger partial charge in [0.25, 0.3) is 5.89 Å². The lowest BCUT2D eigenvalue weighted by molar-refractivity contribution is -0.131. The number of anilines is 1. The van der Waals surface area contributed by atoms with Crippen molar-refractivity contribution in [3.05, 3.63) is 54.0 Å². The molecular weight excluding hydrogens is 406 g/mol. The van der Waals surface area contributed by atoms with Crippen molar-refractivity contribution in [3.8, 4) is 17.2 Å². The molecule has 3 aromatic rings. The Hall–Kier alpha value is -3.42. The molecule has 168 valence electrons. The maximum atomic E-state index is 12.7. The van der Waals surface area contributed by atoms with E-state index in [9.17, 15) is 4.79 Å². The molecule has 1 aliphatic heterocycles. The van der Waals surface area contributed by atoms with Gasteiger partial charge in [0.2, 0.25) is 11.8 Å². The van der Waals surface area contributed by atoms with Crippen LogP contribution < -0.4 is 9.64 Å². The molecule has 1 aromatic carbocycles. The molecule has 1 amide bonds. The van der Waals surface area contributed by atoms with Gasteiger partial charge in [-0.1, -0.05) is 26.0 Å². The van der Waals surface area contributed by atoms with E-state index in [2.05, 4.69) is 20.1 Å². The summed E-state index contributed by atoms with van der Waals surface area (Å²) < 4.78 is 11.0. The van der Waals surface area contributed by atoms with Crippen molar-refractivity contribution in [2.45, 2.75) is 32.6 Å². The topological polar surface area (TPSA) is 84.6 Å². The monoisotopic (exact) mass is 435 g/mol. The normalized spacial score (nSPS) is 14.1. The Kier molecular flexibility index (Phi) is 6.68. The van der Waals surface area contributed by atoms with Crippen molar-refractivity contribution in [2.75, 3.05) is 38.2 Å². The number of aryl methyl sites for hydroxylation is 1. The molecule has 1 fully saturated rings. The van der Waals surface area contributed by atoms with Gasteiger partial charge in [-0.25, -0.2) is 4.98 Å². The van der Waals surface area contributed by atoms with Gasteiger partial charge < -0.3 is 19.0 Å². The van der Waals surface area contributed by atoms with Crippen LogP contribution in [0.4, 0.5) is 5.82 Å². The Balaban J connectivity index is 1.35. The molecule has 0 saturated carbocycles. The summed E-state index contributed by atoms with van der Waals surface area (Å²) in [5.74, 6) is 3.09. The first kappa shape index (κ1) is 21.8. The van der Waals surface area contributed by atoms with Crippen molar-refractivity contribution < 1.29 is 13.9 Å². The molecule has 8 nitrogen and oxygen atoms in total. The third-order valence-corrected chi connectivity index (χ3v) is 5.67. The van der Waals surface area contributed by atoms with Crippen molar-refractivity contribution in [1.82, 2.24) is 20.1 Å². The van der Waals surface area contributed by atoms with Crippen LogP contribution in [0.2, 0.25) is 0 Å². The van der Waals surface area contributed by atoms with E-state index in [4.69, 9.17) is 9.15 Å². The minimum Gasteiger partial charge on any atom is -0.497 e. The van der Waals surface area contributed by atoms with Crippen molar-refractivity contribution >= 4 is 11.7 Å². The standard InChI is InChI=1S/C24H29N5O3/c1-17(2)23-26-27-24(32-23)20-5-4-12-25-22(20)29-15-13-28(14-16-29)21(30)11-8-18-6-9-19(31-3)10-7-18/h4-7,9-10,12,17H,8,11,13-16H2,1-3H3. The van der Waals surface area contributed by atoms with Crippen molar-refractivity contribution in [3.63, 3.8) is 0 Å². The third kappa shape index (κ3) is 4.90. The third-order valence-electron chi connectivity index (χ3n) is 5.67. The van der Waals surface area contributed by atoms with Crippen LogP contribution in [-0.4, -0.2) is 59.3 Å². The molecule has 3 heterocycles. The number of methoxy groups -OCH3 is 1. The van der Waals surface area contributed by atoms with E-state index < -0.39 is 0 Å². The number of pyridine rings is 1. The minimum atomic E-state index is 0.170. The summed E-state index contributed by atoms with van der Waals surface area (Å²) in [6.45, 7) is 6.79. The SMILES string of the molecule is COc1ccc(CCC(=O)N2CCN(c3ncccc3-c3nnc(C(C)C)o3)CC2)cc1. The molecule has 2 aromatic heterocycles. The molecular formula is C24H29N5O3. The van der Waals surface area contributed by atoms with Gasteiger partial charge in [0.05, 0.1) is 12.7 Å². The second kappa shape index (κ2) is 9.80. The van der Waals surface area contributed by atoms with Gasteiger partial charge in [-0.15, -0.1) is 10.2 Å². The molecule has 4 rings (SSSR count). The summed E-state index contributed by atoms with van der Waals surface area (Å²) in [6.07, 6.45) is 2.99. The highest BCUT2D eigenvalue weighted by atomic mass is 16.5. The number of hydrogen-bond acceptors (Lipinski definition) is 7. The van der Waals surface area contributed by atoms with E-state index in [0.717, 1.165) is 29.1 Å². The maximum Gasteiger partial charge on any atom is 0.251 e. The highest BCUT2D eigenvalue weighted by Crippen LogP contribution is 2.29. The van der Waals surface area contributed by atoms with E-state index in [1.54, 1.807) is 13.3 Å². The Bertz CT molecular complexity index is 1040. The summed E-state index contributed by atoms with van der Waals surface area (Å²) in [4.78, 5) is 21.4. The van der Waals surface area contributed by atoms with Gasteiger partial charge in [-0.2, -0.15) is 0 Å². The number of carbonyl (C=O) groups is 1. The molecule has 0 unspecified atom stereocenters. The molecule has 0 spiro atoms. The lowest BCUT2D eigenvalue weighted by Gasteiger charge is -2.36. The highest BCUT2D eigenvalue weighted by Gasteiger charge is 2.25. The average Bonchev–Trinajstić information content (AvgIpc) is 3.34. The Morgan fingerprint density at radius 2 is 1.84 bits per heavy atom. The molecule has 8 heteroatoms. The minimum absolute atomic E-state index is 0.170. The van der Waals surface area contributed by atoms with Crippen LogP contribution in [0, 0.1) is 0 Å². The lowest BCUT2D eigenvalue weighted by atomic mass is 10.1. The largest absolute Gasteiger partial charge is 0.497 e. The number of hydrogen-bond donors (Lipinski definition) is 0. The fraction of sp³-hybridized carbons (Fsp3) is 0.417. The van der Waals surface area contributed by atoms with E-state index in [-0.39, 0.29) is 11.8 Å². The van der Waals surface area contributed by atoms with Gasteiger partial charge in [0.1, 0.15) is 11.6 Å². The second-order valence-electron chi connectivity index (χ2n) is 8.19. The molecule has 32 heavy (non-hydrogen) atoms. The second-order valence-corrected chi connectivity index (χ2v) is 8.19. The molecule has 1 aliphatic rings. The van der Waals surface area contributed by atoms with E-state index in [1.807, 2.05) is 55.1 Å². The predicted octanol–water partition coefficient (Wildman–Crippen LogP) is 3.55. The quantitative estimate of drug-likeness (QED) is 0.561. The zero-order chi connectivity index (χ0) is 22.5. The number of rotatable bonds is 7. The number of ether oxygens (including phenoxy) is 1. The maximum absolute atomic E-state index is 12.7. The smallest absolute Gasteiger partial charge is 0.251 e. The number of piperazine rings is 1. The molecule has 0 bridgehead atoms. The Morgan fingerprint density at radius 3 is 2.50 bits per heavy atom. The van der Waals surface area contributed by atoms with Crippen LogP contribution in [0.1, 0.15) is 37.6 Å². The molecule has 0 aliphatic carbocycles. The summed E-state index contributed by atoms with van der Waals surface area (Å²) in [5, 5.41) is 8.36. The molecule has 0 N–H and O–H groups in total. The number of amides is 1. The van der Waals surface area contributed by atoms with Crippen LogP contribution in [0.25, 0.3) is 11.5 Å². The van der Waals surface area contributed by atoms with Crippen LogP contribution in [0.5, 0.6) is 5.75 Å². The van der Waals surface area contributed by atoms with Crippen molar-refractivity contribution in [2.24, 2.45) is 0 Å². The fourth-order valence-electron chi connectivity index (χ4n) is 3.76. The number of carbonyl (C=O) groups excluding carboxylic acids is 1. The van der Waals surface area contributed by atoms with Gasteiger partial charge in [-0.05, 0) is 36.2 Å². The first-order chi connectivity index (χ1) is 15.5. The zero-order valence-corrected chi connectivity index (χ0v) is 18.8. The first-order valence-corrected chi connectivity index (χ1v) is 11.0. The zero-order valence-electron chi connectivity index (χ0n) is 18.8. The van der Waals surface area contributed by atoms with Crippen LogP contribution in [0.15, 0.2) is 47.0 Å². The lowest BCUT2D eigenvalue weighted by Crippen LogP contribution is -2.49.